The number of nitrogens with one attached hydrogen (secondary N) is 1. The molecule has 0 aromatic carbocycles. The van der Waals surface area contributed by atoms with Gasteiger partial charge >= 0.3 is 0 Å². The summed E-state index contributed by atoms with van der Waals surface area (Å²) in [6, 6.07) is 0.980. The first-order valence-corrected chi connectivity index (χ1v) is 6.90. The minimum Gasteiger partial charge on any atom is -0.325 e. The van der Waals surface area contributed by atoms with Crippen LogP contribution in [0.5, 0.6) is 0 Å². The Hall–Kier alpha value is -2.42. The smallest absolute Gasteiger partial charge is 0.279 e. The average Bonchev–Trinajstić information content (AvgIpc) is 3.01. The standard InChI is InChI=1S/C14H14F3N5O/c1-7(18)11-20-9-2-4-14(17,13(15)16)6-8(9)12(23)22(11)10-3-5-19-21-10/h2-7,11,13H,18H2,1H3,(H,19,21). The molecular weight excluding hydrogens is 311 g/mol. The number of aliphatic imine (C=N–C) groups is 1. The van der Waals surface area contributed by atoms with Crippen molar-refractivity contribution in [1.82, 2.24) is 10.2 Å². The van der Waals surface area contributed by atoms with Gasteiger partial charge < -0.3 is 5.73 Å². The molecule has 1 amide bonds. The maximum absolute atomic E-state index is 14.2. The number of hydrogen-bond acceptors (Lipinski definition) is 4. The number of allylic oxidation sites excluding steroid dienone is 3. The minimum atomic E-state index is -3.29. The highest BCUT2D eigenvalue weighted by Crippen LogP contribution is 2.33. The largest absolute Gasteiger partial charge is 0.325 e. The number of fused-ring (bicyclic) bond motifs is 1. The van der Waals surface area contributed by atoms with E-state index in [0.717, 1.165) is 6.08 Å². The number of nitrogens with zero attached hydrogens (tertiary/aromatic N) is 3. The molecule has 2 aliphatic rings. The number of halogens is 3. The predicted octanol–water partition coefficient (Wildman–Crippen LogP) is 1.34. The van der Waals surface area contributed by atoms with Crippen molar-refractivity contribution in [2.45, 2.75) is 31.2 Å². The van der Waals surface area contributed by atoms with Gasteiger partial charge in [-0.3, -0.25) is 19.8 Å². The molecule has 1 aromatic heterocycles. The summed E-state index contributed by atoms with van der Waals surface area (Å²) in [4.78, 5) is 18.2. The fourth-order valence-corrected chi connectivity index (χ4v) is 2.49. The fraction of sp³-hybridized carbons (Fsp3) is 0.357. The molecule has 6 nitrogen and oxygen atoms in total. The molecule has 3 unspecified atom stereocenters. The molecule has 23 heavy (non-hydrogen) atoms. The van der Waals surface area contributed by atoms with Gasteiger partial charge in [-0.05, 0) is 25.2 Å². The number of amides is 1. The summed E-state index contributed by atoms with van der Waals surface area (Å²) in [5.74, 6) is -0.437. The average molecular weight is 325 g/mol. The number of aromatic amines is 1. The summed E-state index contributed by atoms with van der Waals surface area (Å²) in [5.41, 5.74) is 2.79. The number of anilines is 1. The lowest BCUT2D eigenvalue weighted by molar-refractivity contribution is -0.115. The summed E-state index contributed by atoms with van der Waals surface area (Å²) >= 11 is 0. The maximum Gasteiger partial charge on any atom is 0.279 e. The lowest BCUT2D eigenvalue weighted by Gasteiger charge is -2.36. The third kappa shape index (κ3) is 2.46. The second kappa shape index (κ2) is 5.34. The summed E-state index contributed by atoms with van der Waals surface area (Å²) < 4.78 is 40.0. The van der Waals surface area contributed by atoms with E-state index in [1.54, 1.807) is 6.92 Å². The highest BCUT2D eigenvalue weighted by molar-refractivity contribution is 6.31. The van der Waals surface area contributed by atoms with Crippen LogP contribution in [0.2, 0.25) is 0 Å². The Labute approximate surface area is 129 Å². The van der Waals surface area contributed by atoms with Gasteiger partial charge in [0.05, 0.1) is 11.3 Å². The highest BCUT2D eigenvalue weighted by atomic mass is 19.3. The number of alkyl halides is 3. The number of carbonyl (C=O) groups excluding carboxylic acids is 1. The van der Waals surface area contributed by atoms with Crippen molar-refractivity contribution in [3.05, 3.63) is 36.1 Å². The molecule has 122 valence electrons. The van der Waals surface area contributed by atoms with Crippen molar-refractivity contribution in [1.29, 1.82) is 0 Å². The zero-order valence-electron chi connectivity index (χ0n) is 12.1. The summed E-state index contributed by atoms with van der Waals surface area (Å²) in [6.45, 7) is 1.65. The SMILES string of the molecule is CC(N)C1N=C2C=CC(F)(C(F)F)C=C2C(=O)N1c1cc[nH]n1. The maximum atomic E-state index is 14.2. The predicted molar refractivity (Wildman–Crippen MR) is 78.0 cm³/mol. The first-order valence-electron chi connectivity index (χ1n) is 6.90. The second-order valence-corrected chi connectivity index (χ2v) is 5.41. The van der Waals surface area contributed by atoms with E-state index in [-0.39, 0.29) is 17.1 Å². The first-order chi connectivity index (χ1) is 10.8. The molecule has 3 N–H and O–H groups in total. The van der Waals surface area contributed by atoms with E-state index in [1.165, 1.54) is 17.2 Å². The molecule has 1 aliphatic heterocycles. The topological polar surface area (TPSA) is 87.4 Å². The first kappa shape index (κ1) is 15.5. The van der Waals surface area contributed by atoms with Crippen molar-refractivity contribution in [2.24, 2.45) is 10.7 Å². The molecule has 1 aliphatic carbocycles. The van der Waals surface area contributed by atoms with Gasteiger partial charge in [-0.15, -0.1) is 0 Å². The van der Waals surface area contributed by atoms with Crippen molar-refractivity contribution >= 4 is 17.4 Å². The van der Waals surface area contributed by atoms with E-state index in [4.69, 9.17) is 5.73 Å². The molecule has 0 saturated heterocycles. The van der Waals surface area contributed by atoms with Gasteiger partial charge in [0.1, 0.15) is 6.17 Å². The molecular formula is C14H14F3N5O. The number of hydrogen-bond donors (Lipinski definition) is 2. The van der Waals surface area contributed by atoms with Crippen LogP contribution in [0, 0.1) is 0 Å². The van der Waals surface area contributed by atoms with Gasteiger partial charge in [-0.25, -0.2) is 13.2 Å². The molecule has 0 fully saturated rings. The number of rotatable bonds is 3. The van der Waals surface area contributed by atoms with Crippen molar-refractivity contribution in [2.75, 3.05) is 4.90 Å². The zero-order chi connectivity index (χ0) is 16.8. The Morgan fingerprint density at radius 3 is 2.78 bits per heavy atom. The molecule has 9 heteroatoms. The lowest BCUT2D eigenvalue weighted by atomic mass is 9.91. The molecule has 3 rings (SSSR count). The molecule has 0 spiro atoms. The van der Waals surface area contributed by atoms with Crippen LogP contribution in [0.1, 0.15) is 6.92 Å². The van der Waals surface area contributed by atoms with Gasteiger partial charge in [-0.1, -0.05) is 0 Å². The lowest BCUT2D eigenvalue weighted by Crippen LogP contribution is -2.54. The van der Waals surface area contributed by atoms with Crippen molar-refractivity contribution in [3.8, 4) is 0 Å². The van der Waals surface area contributed by atoms with E-state index in [0.29, 0.717) is 12.2 Å². The van der Waals surface area contributed by atoms with Crippen LogP contribution < -0.4 is 10.6 Å². The Morgan fingerprint density at radius 1 is 1.48 bits per heavy atom. The zero-order valence-corrected chi connectivity index (χ0v) is 12.1. The summed E-state index contributed by atoms with van der Waals surface area (Å²) in [6.07, 6.45) is -0.150. The molecule has 2 heterocycles. The second-order valence-electron chi connectivity index (χ2n) is 5.41. The van der Waals surface area contributed by atoms with Crippen molar-refractivity contribution < 1.29 is 18.0 Å². The van der Waals surface area contributed by atoms with Crippen LogP contribution in [0.4, 0.5) is 19.0 Å². The quantitative estimate of drug-likeness (QED) is 0.879. The fourth-order valence-electron chi connectivity index (χ4n) is 2.49. The molecule has 0 radical (unpaired) electrons. The van der Waals surface area contributed by atoms with E-state index in [2.05, 4.69) is 15.2 Å². The normalized spacial score (nSPS) is 28.5. The monoisotopic (exact) mass is 325 g/mol. The molecule has 0 saturated carbocycles. The third-order valence-corrected chi connectivity index (χ3v) is 3.66. The number of nitrogens with two attached hydrogens (primary N) is 1. The summed E-state index contributed by atoms with van der Waals surface area (Å²) in [7, 11) is 0. The van der Waals surface area contributed by atoms with Crippen LogP contribution in [0.3, 0.4) is 0 Å². The summed E-state index contributed by atoms with van der Waals surface area (Å²) in [5, 5.41) is 6.45. The van der Waals surface area contributed by atoms with Crippen LogP contribution in [0.15, 0.2) is 41.1 Å². The Balaban J connectivity index is 2.11. The van der Waals surface area contributed by atoms with E-state index >= 15 is 0 Å². The third-order valence-electron chi connectivity index (χ3n) is 3.66. The van der Waals surface area contributed by atoms with Gasteiger partial charge in [0, 0.05) is 18.3 Å². The minimum absolute atomic E-state index is 0.137. The van der Waals surface area contributed by atoms with Crippen LogP contribution >= 0.6 is 0 Å². The molecule has 0 bridgehead atoms. The molecule has 1 aromatic rings. The Morgan fingerprint density at radius 2 is 2.22 bits per heavy atom. The van der Waals surface area contributed by atoms with E-state index < -0.39 is 30.2 Å². The van der Waals surface area contributed by atoms with Crippen LogP contribution in [-0.2, 0) is 4.79 Å². The van der Waals surface area contributed by atoms with E-state index in [1.807, 2.05) is 0 Å². The van der Waals surface area contributed by atoms with Gasteiger partial charge in [0.2, 0.25) is 5.67 Å². The number of carbonyl (C=O) groups is 1. The van der Waals surface area contributed by atoms with Gasteiger partial charge in [0.25, 0.3) is 12.3 Å². The van der Waals surface area contributed by atoms with Crippen LogP contribution in [0.25, 0.3) is 0 Å². The molecule has 3 atom stereocenters. The van der Waals surface area contributed by atoms with Crippen molar-refractivity contribution in [3.63, 3.8) is 0 Å². The number of H-pyrrole nitrogens is 1. The Kier molecular flexibility index (Phi) is 3.59. The number of aromatic nitrogens is 2. The van der Waals surface area contributed by atoms with Gasteiger partial charge in [-0.2, -0.15) is 5.10 Å². The van der Waals surface area contributed by atoms with Crippen LogP contribution in [-0.4, -0.2) is 46.1 Å². The Bertz CT molecular complexity index is 710. The van der Waals surface area contributed by atoms with Gasteiger partial charge in [0.15, 0.2) is 5.82 Å². The highest BCUT2D eigenvalue weighted by Gasteiger charge is 2.44. The van der Waals surface area contributed by atoms with E-state index in [9.17, 15) is 18.0 Å².